The monoisotopic (exact) mass is 412 g/mol. The molecule has 0 amide bonds. The number of nitrogens with zero attached hydrogens (tertiary/aromatic N) is 5. The maximum atomic E-state index is 4.44. The van der Waals surface area contributed by atoms with Gasteiger partial charge in [-0.1, -0.05) is 30.3 Å². The molecule has 6 nitrogen and oxygen atoms in total. The number of hydrogen-bond donors (Lipinski definition) is 1. The lowest BCUT2D eigenvalue weighted by atomic mass is 9.89. The molecule has 6 rings (SSSR count). The summed E-state index contributed by atoms with van der Waals surface area (Å²) in [6, 6.07) is 17.2. The molecule has 0 radical (unpaired) electrons. The molecule has 31 heavy (non-hydrogen) atoms. The van der Waals surface area contributed by atoms with Crippen molar-refractivity contribution >= 4 is 27.7 Å². The highest BCUT2D eigenvalue weighted by Gasteiger charge is 2.22. The summed E-state index contributed by atoms with van der Waals surface area (Å²) in [5, 5.41) is 10.1. The number of aryl methyl sites for hydroxylation is 2. The molecule has 1 fully saturated rings. The van der Waals surface area contributed by atoms with Crippen LogP contribution < -0.4 is 0 Å². The molecule has 2 aromatic carbocycles. The molecule has 1 N–H and O–H groups in total. The summed E-state index contributed by atoms with van der Waals surface area (Å²) >= 11 is 0. The van der Waals surface area contributed by atoms with Gasteiger partial charge in [-0.3, -0.25) is 4.40 Å². The number of nitrogens with one attached hydrogen (secondary N) is 1. The molecular weight excluding hydrogens is 384 g/mol. The summed E-state index contributed by atoms with van der Waals surface area (Å²) in [4.78, 5) is 6.08. The Kier molecular flexibility index (Phi) is 4.53. The largest absolute Gasteiger partial charge is 0.361 e. The van der Waals surface area contributed by atoms with Crippen LogP contribution in [0, 0.1) is 6.92 Å². The second kappa shape index (κ2) is 7.54. The SMILES string of the molecule is Cc1nnc2n(CCCN3CCC(c4c[nH]c5ccccc45)CC3)c3ccccc3n12. The van der Waals surface area contributed by atoms with Crippen molar-refractivity contribution < 1.29 is 0 Å². The van der Waals surface area contributed by atoms with Crippen molar-refractivity contribution in [3.8, 4) is 0 Å². The first-order valence-corrected chi connectivity index (χ1v) is 11.4. The average molecular weight is 413 g/mol. The predicted octanol–water partition coefficient (Wildman–Crippen LogP) is 4.74. The number of aromatic nitrogens is 5. The molecule has 1 aliphatic heterocycles. The van der Waals surface area contributed by atoms with Gasteiger partial charge < -0.3 is 14.5 Å². The van der Waals surface area contributed by atoms with Crippen molar-refractivity contribution in [3.05, 3.63) is 66.1 Å². The number of hydrogen-bond acceptors (Lipinski definition) is 3. The van der Waals surface area contributed by atoms with Gasteiger partial charge in [0.2, 0.25) is 5.78 Å². The predicted molar refractivity (Wildman–Crippen MR) is 125 cm³/mol. The van der Waals surface area contributed by atoms with Gasteiger partial charge in [0.15, 0.2) is 0 Å². The number of H-pyrrole nitrogens is 1. The summed E-state index contributed by atoms with van der Waals surface area (Å²) < 4.78 is 4.50. The minimum Gasteiger partial charge on any atom is -0.361 e. The summed E-state index contributed by atoms with van der Waals surface area (Å²) in [5.41, 5.74) is 5.20. The van der Waals surface area contributed by atoms with Crippen molar-refractivity contribution in [2.24, 2.45) is 0 Å². The van der Waals surface area contributed by atoms with E-state index in [0.717, 1.165) is 31.1 Å². The van der Waals surface area contributed by atoms with E-state index in [4.69, 9.17) is 0 Å². The topological polar surface area (TPSA) is 54.2 Å². The number of rotatable bonds is 5. The Bertz CT molecular complexity index is 1350. The van der Waals surface area contributed by atoms with Gasteiger partial charge in [-0.25, -0.2) is 0 Å². The minimum atomic E-state index is 0.666. The summed E-state index contributed by atoms with van der Waals surface area (Å²) in [7, 11) is 0. The molecule has 5 aromatic rings. The van der Waals surface area contributed by atoms with Crippen LogP contribution in [0.3, 0.4) is 0 Å². The lowest BCUT2D eigenvalue weighted by Gasteiger charge is -2.32. The van der Waals surface area contributed by atoms with Crippen LogP contribution in [0.5, 0.6) is 0 Å². The number of fused-ring (bicyclic) bond motifs is 4. The van der Waals surface area contributed by atoms with E-state index < -0.39 is 0 Å². The van der Waals surface area contributed by atoms with Crippen LogP contribution in [0.1, 0.15) is 36.6 Å². The Morgan fingerprint density at radius 1 is 0.935 bits per heavy atom. The van der Waals surface area contributed by atoms with Gasteiger partial charge in [-0.15, -0.1) is 10.2 Å². The lowest BCUT2D eigenvalue weighted by Crippen LogP contribution is -2.34. The van der Waals surface area contributed by atoms with Crippen LogP contribution in [-0.4, -0.2) is 48.7 Å². The molecule has 158 valence electrons. The average Bonchev–Trinajstić information content (AvgIpc) is 3.49. The van der Waals surface area contributed by atoms with Crippen molar-refractivity contribution in [2.75, 3.05) is 19.6 Å². The standard InChI is InChI=1S/C25H28N6/c1-18-27-28-25-30(23-9-4-5-10-24(23)31(18)25)14-6-13-29-15-11-19(12-16-29)21-17-26-22-8-3-2-7-20(21)22/h2-5,7-10,17,19,26H,6,11-16H2,1H3. The molecule has 0 bridgehead atoms. The fourth-order valence-electron chi connectivity index (χ4n) is 5.37. The van der Waals surface area contributed by atoms with Crippen LogP contribution in [0.15, 0.2) is 54.7 Å². The molecule has 0 unspecified atom stereocenters. The summed E-state index contributed by atoms with van der Waals surface area (Å²) in [6.45, 7) is 6.48. The summed E-state index contributed by atoms with van der Waals surface area (Å²) in [6.07, 6.45) is 5.83. The molecular formula is C25H28N6. The van der Waals surface area contributed by atoms with Crippen molar-refractivity contribution in [3.63, 3.8) is 0 Å². The third kappa shape index (κ3) is 3.13. The van der Waals surface area contributed by atoms with E-state index in [9.17, 15) is 0 Å². The highest BCUT2D eigenvalue weighted by atomic mass is 15.3. The molecule has 4 heterocycles. The Hall–Kier alpha value is -3.12. The van der Waals surface area contributed by atoms with Gasteiger partial charge >= 0.3 is 0 Å². The lowest BCUT2D eigenvalue weighted by molar-refractivity contribution is 0.208. The van der Waals surface area contributed by atoms with Gasteiger partial charge in [-0.2, -0.15) is 0 Å². The third-order valence-corrected chi connectivity index (χ3v) is 6.97. The van der Waals surface area contributed by atoms with Crippen LogP contribution in [-0.2, 0) is 6.54 Å². The van der Waals surface area contributed by atoms with Gasteiger partial charge in [0.1, 0.15) is 5.82 Å². The summed E-state index contributed by atoms with van der Waals surface area (Å²) in [5.74, 6) is 2.57. The number of imidazole rings is 1. The van der Waals surface area contributed by atoms with Crippen LogP contribution in [0.25, 0.3) is 27.7 Å². The second-order valence-corrected chi connectivity index (χ2v) is 8.78. The number of piperidine rings is 1. The van der Waals surface area contributed by atoms with Crippen LogP contribution in [0.2, 0.25) is 0 Å². The molecule has 0 atom stereocenters. The second-order valence-electron chi connectivity index (χ2n) is 8.78. The number of aromatic amines is 1. The van der Waals surface area contributed by atoms with Crippen LogP contribution >= 0.6 is 0 Å². The fraction of sp³-hybridized carbons (Fsp3) is 0.360. The van der Waals surface area contributed by atoms with E-state index in [1.807, 2.05) is 6.92 Å². The van der Waals surface area contributed by atoms with E-state index in [0.29, 0.717) is 5.92 Å². The highest BCUT2D eigenvalue weighted by Crippen LogP contribution is 2.33. The smallest absolute Gasteiger partial charge is 0.236 e. The molecule has 0 saturated carbocycles. The first-order valence-electron chi connectivity index (χ1n) is 11.4. The van der Waals surface area contributed by atoms with Crippen molar-refractivity contribution in [2.45, 2.75) is 38.6 Å². The third-order valence-electron chi connectivity index (χ3n) is 6.97. The quantitative estimate of drug-likeness (QED) is 0.453. The van der Waals surface area contributed by atoms with E-state index >= 15 is 0 Å². The zero-order valence-corrected chi connectivity index (χ0v) is 18.0. The molecule has 3 aromatic heterocycles. The maximum absolute atomic E-state index is 4.44. The first-order chi connectivity index (χ1) is 15.3. The normalized spacial score (nSPS) is 16.2. The molecule has 1 aliphatic rings. The Labute approximate surface area is 181 Å². The maximum Gasteiger partial charge on any atom is 0.236 e. The molecule has 0 aliphatic carbocycles. The van der Waals surface area contributed by atoms with Crippen molar-refractivity contribution in [1.29, 1.82) is 0 Å². The van der Waals surface area contributed by atoms with E-state index in [1.165, 1.54) is 53.4 Å². The first kappa shape index (κ1) is 18.6. The molecule has 0 spiro atoms. The van der Waals surface area contributed by atoms with Gasteiger partial charge in [0, 0.05) is 23.6 Å². The van der Waals surface area contributed by atoms with E-state index in [1.54, 1.807) is 0 Å². The number of benzene rings is 2. The Morgan fingerprint density at radius 3 is 2.58 bits per heavy atom. The van der Waals surface area contributed by atoms with Gasteiger partial charge in [0.25, 0.3) is 0 Å². The minimum absolute atomic E-state index is 0.666. The number of para-hydroxylation sites is 3. The van der Waals surface area contributed by atoms with Crippen molar-refractivity contribution in [1.82, 2.24) is 29.0 Å². The zero-order chi connectivity index (χ0) is 20.8. The Balaban J connectivity index is 1.11. The highest BCUT2D eigenvalue weighted by molar-refractivity contribution is 5.83. The fourth-order valence-corrected chi connectivity index (χ4v) is 5.37. The Morgan fingerprint density at radius 2 is 1.71 bits per heavy atom. The van der Waals surface area contributed by atoms with Gasteiger partial charge in [0.05, 0.1) is 11.0 Å². The molecule has 6 heteroatoms. The van der Waals surface area contributed by atoms with Crippen LogP contribution in [0.4, 0.5) is 0 Å². The van der Waals surface area contributed by atoms with E-state index in [2.05, 4.69) is 83.8 Å². The molecule has 1 saturated heterocycles. The zero-order valence-electron chi connectivity index (χ0n) is 18.0. The van der Waals surface area contributed by atoms with Gasteiger partial charge in [-0.05, 0) is 75.5 Å². The van der Waals surface area contributed by atoms with E-state index in [-0.39, 0.29) is 0 Å². The number of likely N-dealkylation sites (tertiary alicyclic amines) is 1.